The van der Waals surface area contributed by atoms with Crippen molar-refractivity contribution in [3.05, 3.63) is 57.6 Å². The molecule has 0 radical (unpaired) electrons. The third-order valence-electron chi connectivity index (χ3n) is 4.13. The Morgan fingerprint density at radius 1 is 1.14 bits per heavy atom. The topological polar surface area (TPSA) is 21.3 Å². The van der Waals surface area contributed by atoms with E-state index >= 15 is 0 Å². The predicted octanol–water partition coefficient (Wildman–Crippen LogP) is 4.76. The molecule has 0 heterocycles. The van der Waals surface area contributed by atoms with Crippen LogP contribution in [0.25, 0.3) is 0 Å². The van der Waals surface area contributed by atoms with Crippen molar-refractivity contribution >= 4 is 17.3 Å². The van der Waals surface area contributed by atoms with Crippen molar-refractivity contribution in [2.75, 3.05) is 12.4 Å². The van der Waals surface area contributed by atoms with Crippen LogP contribution >= 0.6 is 11.6 Å². The molecule has 0 aliphatic heterocycles. The summed E-state index contributed by atoms with van der Waals surface area (Å²) < 4.78 is 5.40. The summed E-state index contributed by atoms with van der Waals surface area (Å²) in [7, 11) is 1.67. The second-order valence-corrected chi connectivity index (χ2v) is 6.02. The average Bonchev–Trinajstić information content (AvgIpc) is 2.95. The fourth-order valence-electron chi connectivity index (χ4n) is 2.90. The van der Waals surface area contributed by atoms with Gasteiger partial charge in [0.25, 0.3) is 0 Å². The number of fused-ring (bicyclic) bond motifs is 1. The molecule has 0 amide bonds. The highest BCUT2D eigenvalue weighted by molar-refractivity contribution is 6.31. The van der Waals surface area contributed by atoms with Gasteiger partial charge >= 0.3 is 0 Å². The van der Waals surface area contributed by atoms with Crippen LogP contribution in [-0.4, -0.2) is 7.11 Å². The number of benzene rings is 2. The third kappa shape index (κ3) is 3.01. The van der Waals surface area contributed by atoms with Crippen molar-refractivity contribution in [3.8, 4) is 5.75 Å². The molecule has 2 aromatic rings. The summed E-state index contributed by atoms with van der Waals surface area (Å²) >= 11 is 6.14. The first-order chi connectivity index (χ1) is 10.2. The second kappa shape index (κ2) is 5.98. The molecule has 0 atom stereocenters. The summed E-state index contributed by atoms with van der Waals surface area (Å²) in [4.78, 5) is 0. The molecule has 0 saturated heterocycles. The highest BCUT2D eigenvalue weighted by atomic mass is 35.5. The lowest BCUT2D eigenvalue weighted by Crippen LogP contribution is -2.02. The number of methoxy groups -OCH3 is 1. The maximum absolute atomic E-state index is 6.14. The van der Waals surface area contributed by atoms with Crippen molar-refractivity contribution in [3.63, 3.8) is 0 Å². The van der Waals surface area contributed by atoms with E-state index in [0.29, 0.717) is 0 Å². The standard InChI is InChI=1S/C18H20ClNO/c1-12-8-17(18(21-2)10-16(12)19)20-11-13-6-7-14-4-3-5-15(14)9-13/h6-10,20H,3-5,11H2,1-2H3. The van der Waals surface area contributed by atoms with Crippen molar-refractivity contribution in [2.24, 2.45) is 0 Å². The van der Waals surface area contributed by atoms with Crippen molar-refractivity contribution < 1.29 is 4.74 Å². The van der Waals surface area contributed by atoms with Gasteiger partial charge in [0.15, 0.2) is 0 Å². The molecule has 1 aliphatic rings. The molecule has 2 aromatic carbocycles. The maximum Gasteiger partial charge on any atom is 0.143 e. The van der Waals surface area contributed by atoms with Gasteiger partial charge in [-0.3, -0.25) is 0 Å². The Morgan fingerprint density at radius 2 is 1.95 bits per heavy atom. The van der Waals surface area contributed by atoms with Crippen molar-refractivity contribution in [1.82, 2.24) is 0 Å². The zero-order valence-electron chi connectivity index (χ0n) is 12.5. The van der Waals surface area contributed by atoms with Crippen LogP contribution in [0, 0.1) is 6.92 Å². The fraction of sp³-hybridized carbons (Fsp3) is 0.333. The Bertz CT molecular complexity index is 667. The van der Waals surface area contributed by atoms with E-state index in [1.54, 1.807) is 7.11 Å². The van der Waals surface area contributed by atoms with Crippen molar-refractivity contribution in [1.29, 1.82) is 0 Å². The summed E-state index contributed by atoms with van der Waals surface area (Å²) in [6, 6.07) is 10.7. The first kappa shape index (κ1) is 14.3. The van der Waals surface area contributed by atoms with Gasteiger partial charge in [0.1, 0.15) is 5.75 Å². The number of rotatable bonds is 4. The Balaban J connectivity index is 1.77. The summed E-state index contributed by atoms with van der Waals surface area (Å²) in [6.45, 7) is 2.80. The smallest absolute Gasteiger partial charge is 0.143 e. The molecule has 0 fully saturated rings. The molecule has 2 nitrogen and oxygen atoms in total. The Hall–Kier alpha value is -1.67. The molecule has 0 saturated carbocycles. The minimum Gasteiger partial charge on any atom is -0.495 e. The molecule has 0 bridgehead atoms. The van der Waals surface area contributed by atoms with E-state index in [1.807, 2.05) is 19.1 Å². The Morgan fingerprint density at radius 3 is 2.76 bits per heavy atom. The van der Waals surface area contributed by atoms with Crippen LogP contribution in [-0.2, 0) is 19.4 Å². The van der Waals surface area contributed by atoms with E-state index in [1.165, 1.54) is 36.0 Å². The SMILES string of the molecule is COc1cc(Cl)c(C)cc1NCc1ccc2c(c1)CCC2. The lowest BCUT2D eigenvalue weighted by Gasteiger charge is -2.14. The van der Waals surface area contributed by atoms with E-state index in [0.717, 1.165) is 28.6 Å². The average molecular weight is 302 g/mol. The van der Waals surface area contributed by atoms with Crippen LogP contribution in [0.15, 0.2) is 30.3 Å². The van der Waals surface area contributed by atoms with Gasteiger partial charge in [0, 0.05) is 17.6 Å². The van der Waals surface area contributed by atoms with E-state index < -0.39 is 0 Å². The quantitative estimate of drug-likeness (QED) is 0.879. The summed E-state index contributed by atoms with van der Waals surface area (Å²) in [6.07, 6.45) is 3.73. The summed E-state index contributed by atoms with van der Waals surface area (Å²) in [5.41, 5.74) is 6.37. The molecule has 1 N–H and O–H groups in total. The van der Waals surface area contributed by atoms with Crippen LogP contribution < -0.4 is 10.1 Å². The van der Waals surface area contributed by atoms with Gasteiger partial charge in [-0.2, -0.15) is 0 Å². The van der Waals surface area contributed by atoms with Gasteiger partial charge in [-0.1, -0.05) is 29.8 Å². The monoisotopic (exact) mass is 301 g/mol. The van der Waals surface area contributed by atoms with Crippen molar-refractivity contribution in [2.45, 2.75) is 32.7 Å². The molecule has 110 valence electrons. The molecule has 3 rings (SSSR count). The molecule has 0 unspecified atom stereocenters. The molecular formula is C18H20ClNO. The highest BCUT2D eigenvalue weighted by Crippen LogP contribution is 2.31. The summed E-state index contributed by atoms with van der Waals surface area (Å²) in [5, 5.41) is 4.19. The highest BCUT2D eigenvalue weighted by Gasteiger charge is 2.11. The van der Waals surface area contributed by atoms with Crippen LogP contribution in [0.1, 0.15) is 28.7 Å². The van der Waals surface area contributed by atoms with E-state index in [-0.39, 0.29) is 0 Å². The van der Waals surface area contributed by atoms with Crippen LogP contribution in [0.5, 0.6) is 5.75 Å². The second-order valence-electron chi connectivity index (χ2n) is 5.61. The summed E-state index contributed by atoms with van der Waals surface area (Å²) in [5.74, 6) is 0.784. The largest absolute Gasteiger partial charge is 0.495 e. The lowest BCUT2D eigenvalue weighted by atomic mass is 10.1. The minimum absolute atomic E-state index is 0.731. The zero-order valence-corrected chi connectivity index (χ0v) is 13.3. The van der Waals surface area contributed by atoms with Gasteiger partial charge < -0.3 is 10.1 Å². The third-order valence-corrected chi connectivity index (χ3v) is 4.53. The fourth-order valence-corrected chi connectivity index (χ4v) is 3.06. The van der Waals surface area contributed by atoms with Gasteiger partial charge in [0.05, 0.1) is 12.8 Å². The first-order valence-corrected chi connectivity index (χ1v) is 7.74. The first-order valence-electron chi connectivity index (χ1n) is 7.36. The van der Waals surface area contributed by atoms with E-state index in [4.69, 9.17) is 16.3 Å². The number of halogens is 1. The Labute approximate surface area is 131 Å². The maximum atomic E-state index is 6.14. The molecule has 21 heavy (non-hydrogen) atoms. The predicted molar refractivity (Wildman–Crippen MR) is 88.5 cm³/mol. The van der Waals surface area contributed by atoms with Gasteiger partial charge in [-0.05, 0) is 54.5 Å². The van der Waals surface area contributed by atoms with Crippen LogP contribution in [0.2, 0.25) is 5.02 Å². The Kier molecular flexibility index (Phi) is 4.07. The molecule has 1 aliphatic carbocycles. The number of anilines is 1. The number of aryl methyl sites for hydroxylation is 3. The normalized spacial score (nSPS) is 13.1. The number of hydrogen-bond acceptors (Lipinski definition) is 2. The minimum atomic E-state index is 0.731. The van der Waals surface area contributed by atoms with Crippen LogP contribution in [0.4, 0.5) is 5.69 Å². The number of nitrogens with one attached hydrogen (secondary N) is 1. The molecule has 3 heteroatoms. The van der Waals surface area contributed by atoms with E-state index in [2.05, 4.69) is 23.5 Å². The van der Waals surface area contributed by atoms with Gasteiger partial charge in [0.2, 0.25) is 0 Å². The molecule has 0 spiro atoms. The number of ether oxygens (including phenoxy) is 1. The molecular weight excluding hydrogens is 282 g/mol. The van der Waals surface area contributed by atoms with Crippen LogP contribution in [0.3, 0.4) is 0 Å². The van der Waals surface area contributed by atoms with E-state index in [9.17, 15) is 0 Å². The van der Waals surface area contributed by atoms with Gasteiger partial charge in [-0.25, -0.2) is 0 Å². The zero-order chi connectivity index (χ0) is 14.8. The number of hydrogen-bond donors (Lipinski definition) is 1. The van der Waals surface area contributed by atoms with Gasteiger partial charge in [-0.15, -0.1) is 0 Å². The molecule has 0 aromatic heterocycles. The lowest BCUT2D eigenvalue weighted by molar-refractivity contribution is 0.416.